The van der Waals surface area contributed by atoms with Gasteiger partial charge in [-0.3, -0.25) is 9.97 Å². The molecular formula is C19H18N4O2. The van der Waals surface area contributed by atoms with E-state index in [9.17, 15) is 4.79 Å². The molecule has 0 unspecified atom stereocenters. The molecular weight excluding hydrogens is 316 g/mol. The molecule has 0 aliphatic carbocycles. The lowest BCUT2D eigenvalue weighted by Crippen LogP contribution is -2.28. The highest BCUT2D eigenvalue weighted by Crippen LogP contribution is 2.23. The summed E-state index contributed by atoms with van der Waals surface area (Å²) in [4.78, 5) is 20.6. The third kappa shape index (κ3) is 4.11. The van der Waals surface area contributed by atoms with Gasteiger partial charge in [-0.25, -0.2) is 4.79 Å². The van der Waals surface area contributed by atoms with Crippen molar-refractivity contribution in [3.8, 4) is 17.0 Å². The molecule has 0 atom stereocenters. The summed E-state index contributed by atoms with van der Waals surface area (Å²) in [6.45, 7) is 0.354. The van der Waals surface area contributed by atoms with Gasteiger partial charge in [0.1, 0.15) is 5.75 Å². The molecule has 2 N–H and O–H groups in total. The number of carbonyl (C=O) groups excluding carboxylic acids is 1. The fourth-order valence-electron chi connectivity index (χ4n) is 2.44. The number of rotatable bonds is 5. The second-order valence-corrected chi connectivity index (χ2v) is 5.25. The van der Waals surface area contributed by atoms with E-state index in [1.807, 2.05) is 36.4 Å². The molecule has 1 aromatic carbocycles. The van der Waals surface area contributed by atoms with Crippen LogP contribution in [0.4, 0.5) is 10.5 Å². The monoisotopic (exact) mass is 334 g/mol. The summed E-state index contributed by atoms with van der Waals surface area (Å²) in [5.74, 6) is 0.608. The number of anilines is 1. The minimum absolute atomic E-state index is 0.311. The van der Waals surface area contributed by atoms with Gasteiger partial charge < -0.3 is 15.4 Å². The van der Waals surface area contributed by atoms with Crippen LogP contribution in [-0.2, 0) is 6.54 Å². The van der Waals surface area contributed by atoms with Crippen LogP contribution in [0.15, 0.2) is 67.1 Å². The highest BCUT2D eigenvalue weighted by molar-refractivity contribution is 5.90. The average molecular weight is 334 g/mol. The SMILES string of the molecule is COc1ccccc1NC(=O)NCc1cccnc1-c1ccncc1. The Kier molecular flexibility index (Phi) is 5.21. The van der Waals surface area contributed by atoms with Gasteiger partial charge in [-0.05, 0) is 35.9 Å². The van der Waals surface area contributed by atoms with E-state index < -0.39 is 0 Å². The number of ether oxygens (including phenoxy) is 1. The van der Waals surface area contributed by atoms with E-state index in [0.717, 1.165) is 16.8 Å². The highest BCUT2D eigenvalue weighted by Gasteiger charge is 2.09. The lowest BCUT2D eigenvalue weighted by Gasteiger charge is -2.12. The molecule has 0 aliphatic rings. The maximum Gasteiger partial charge on any atom is 0.319 e. The molecule has 3 rings (SSSR count). The van der Waals surface area contributed by atoms with Gasteiger partial charge in [-0.1, -0.05) is 18.2 Å². The Morgan fingerprint density at radius 3 is 2.64 bits per heavy atom. The quantitative estimate of drug-likeness (QED) is 0.749. The van der Waals surface area contributed by atoms with E-state index in [2.05, 4.69) is 20.6 Å². The molecule has 0 spiro atoms. The number of pyridine rings is 2. The van der Waals surface area contributed by atoms with Crippen molar-refractivity contribution in [2.45, 2.75) is 6.54 Å². The average Bonchev–Trinajstić information content (AvgIpc) is 2.68. The number of nitrogens with one attached hydrogen (secondary N) is 2. The molecule has 0 bridgehead atoms. The molecule has 6 nitrogen and oxygen atoms in total. The van der Waals surface area contributed by atoms with Crippen molar-refractivity contribution in [2.75, 3.05) is 12.4 Å². The van der Waals surface area contributed by atoms with Crippen molar-refractivity contribution in [3.05, 3.63) is 72.7 Å². The Morgan fingerprint density at radius 1 is 1.04 bits per heavy atom. The summed E-state index contributed by atoms with van der Waals surface area (Å²) >= 11 is 0. The van der Waals surface area contributed by atoms with Crippen LogP contribution in [0.5, 0.6) is 5.75 Å². The largest absolute Gasteiger partial charge is 0.495 e. The van der Waals surface area contributed by atoms with Crippen molar-refractivity contribution < 1.29 is 9.53 Å². The van der Waals surface area contributed by atoms with Gasteiger partial charge in [-0.15, -0.1) is 0 Å². The smallest absolute Gasteiger partial charge is 0.319 e. The number of nitrogens with zero attached hydrogens (tertiary/aromatic N) is 2. The minimum Gasteiger partial charge on any atom is -0.495 e. The van der Waals surface area contributed by atoms with Crippen LogP contribution in [0, 0.1) is 0 Å². The first-order valence-corrected chi connectivity index (χ1v) is 7.80. The van der Waals surface area contributed by atoms with Gasteiger partial charge in [0.25, 0.3) is 0 Å². The Bertz CT molecular complexity index is 853. The van der Waals surface area contributed by atoms with Crippen LogP contribution in [-0.4, -0.2) is 23.1 Å². The van der Waals surface area contributed by atoms with Crippen molar-refractivity contribution in [1.29, 1.82) is 0 Å². The maximum atomic E-state index is 12.2. The number of aromatic nitrogens is 2. The molecule has 0 radical (unpaired) electrons. The third-order valence-electron chi connectivity index (χ3n) is 3.64. The lowest BCUT2D eigenvalue weighted by molar-refractivity contribution is 0.251. The molecule has 2 heterocycles. The molecule has 3 aromatic rings. The van der Waals surface area contributed by atoms with Crippen molar-refractivity contribution in [3.63, 3.8) is 0 Å². The van der Waals surface area contributed by atoms with Crippen LogP contribution in [0.3, 0.4) is 0 Å². The van der Waals surface area contributed by atoms with E-state index in [4.69, 9.17) is 4.74 Å². The Balaban J connectivity index is 1.69. The molecule has 0 saturated heterocycles. The first-order valence-electron chi connectivity index (χ1n) is 7.80. The summed E-state index contributed by atoms with van der Waals surface area (Å²) in [6.07, 6.45) is 5.17. The second kappa shape index (κ2) is 7.92. The zero-order valence-corrected chi connectivity index (χ0v) is 13.8. The zero-order chi connectivity index (χ0) is 17.5. The first-order chi connectivity index (χ1) is 12.3. The van der Waals surface area contributed by atoms with Gasteiger partial charge in [0.05, 0.1) is 18.5 Å². The summed E-state index contributed by atoms with van der Waals surface area (Å²) in [5, 5.41) is 5.63. The van der Waals surface area contributed by atoms with Gasteiger partial charge >= 0.3 is 6.03 Å². The summed E-state index contributed by atoms with van der Waals surface area (Å²) in [5.41, 5.74) is 3.31. The van der Waals surface area contributed by atoms with E-state index in [-0.39, 0.29) is 6.03 Å². The first kappa shape index (κ1) is 16.4. The predicted molar refractivity (Wildman–Crippen MR) is 96.3 cm³/mol. The molecule has 0 fully saturated rings. The van der Waals surface area contributed by atoms with Gasteiger partial charge in [0.2, 0.25) is 0 Å². The molecule has 6 heteroatoms. The Labute approximate surface area is 145 Å². The van der Waals surface area contributed by atoms with E-state index in [1.54, 1.807) is 37.8 Å². The summed E-state index contributed by atoms with van der Waals surface area (Å²) in [6, 6.07) is 14.5. The van der Waals surface area contributed by atoms with Crippen molar-refractivity contribution in [1.82, 2.24) is 15.3 Å². The number of carbonyl (C=O) groups is 1. The molecule has 25 heavy (non-hydrogen) atoms. The number of methoxy groups -OCH3 is 1. The summed E-state index contributed by atoms with van der Waals surface area (Å²) < 4.78 is 5.23. The van der Waals surface area contributed by atoms with Crippen molar-refractivity contribution in [2.24, 2.45) is 0 Å². The summed E-state index contributed by atoms with van der Waals surface area (Å²) in [7, 11) is 1.56. The van der Waals surface area contributed by atoms with E-state index >= 15 is 0 Å². The van der Waals surface area contributed by atoms with Gasteiger partial charge in [0.15, 0.2) is 0 Å². The minimum atomic E-state index is -0.311. The number of benzene rings is 1. The van der Waals surface area contributed by atoms with Crippen LogP contribution in [0.2, 0.25) is 0 Å². The highest BCUT2D eigenvalue weighted by atomic mass is 16.5. The number of para-hydroxylation sites is 2. The number of amides is 2. The fraction of sp³-hybridized carbons (Fsp3) is 0.105. The number of urea groups is 1. The lowest BCUT2D eigenvalue weighted by atomic mass is 10.1. The van der Waals surface area contributed by atoms with Gasteiger partial charge in [-0.2, -0.15) is 0 Å². The maximum absolute atomic E-state index is 12.2. The second-order valence-electron chi connectivity index (χ2n) is 5.25. The van der Waals surface area contributed by atoms with E-state index in [0.29, 0.717) is 18.0 Å². The zero-order valence-electron chi connectivity index (χ0n) is 13.8. The van der Waals surface area contributed by atoms with Crippen LogP contribution < -0.4 is 15.4 Å². The molecule has 2 aromatic heterocycles. The number of hydrogen-bond donors (Lipinski definition) is 2. The van der Waals surface area contributed by atoms with Crippen LogP contribution >= 0.6 is 0 Å². The standard InChI is InChI=1S/C19H18N4O2/c1-25-17-7-3-2-6-16(17)23-19(24)22-13-15-5-4-10-21-18(15)14-8-11-20-12-9-14/h2-12H,13H2,1H3,(H2,22,23,24). The van der Waals surface area contributed by atoms with Crippen LogP contribution in [0.1, 0.15) is 5.56 Å². The van der Waals surface area contributed by atoms with Gasteiger partial charge in [0, 0.05) is 30.7 Å². The van der Waals surface area contributed by atoms with Crippen LogP contribution in [0.25, 0.3) is 11.3 Å². The fourth-order valence-corrected chi connectivity index (χ4v) is 2.44. The predicted octanol–water partition coefficient (Wildman–Crippen LogP) is 3.47. The molecule has 2 amide bonds. The molecule has 126 valence electrons. The Morgan fingerprint density at radius 2 is 1.84 bits per heavy atom. The Hall–Kier alpha value is -3.41. The third-order valence-corrected chi connectivity index (χ3v) is 3.64. The normalized spacial score (nSPS) is 10.1. The topological polar surface area (TPSA) is 76.1 Å². The van der Waals surface area contributed by atoms with Crippen molar-refractivity contribution >= 4 is 11.7 Å². The number of hydrogen-bond acceptors (Lipinski definition) is 4. The van der Waals surface area contributed by atoms with E-state index in [1.165, 1.54) is 0 Å². The molecule has 0 saturated carbocycles. The molecule has 0 aliphatic heterocycles.